The Morgan fingerprint density at radius 2 is 1.96 bits per heavy atom. The molecule has 1 aliphatic heterocycles. The molecule has 0 radical (unpaired) electrons. The maximum atomic E-state index is 12.7. The van der Waals surface area contributed by atoms with Gasteiger partial charge in [-0.3, -0.25) is 9.69 Å². The zero-order valence-electron chi connectivity index (χ0n) is 12.1. The number of rotatable bonds is 3. The Labute approximate surface area is 152 Å². The quantitative estimate of drug-likeness (QED) is 0.610. The largest absolute Gasteiger partial charge is 0.545 e. The Kier molecular flexibility index (Phi) is 4.71. The van der Waals surface area contributed by atoms with Crippen LogP contribution in [-0.2, 0) is 4.79 Å². The average molecular weight is 375 g/mol. The molecule has 0 saturated carbocycles. The highest BCUT2D eigenvalue weighted by Gasteiger charge is 2.33. The standard InChI is InChI=1S/C17H10ClNO3S2/c18-13-7-2-1-4-10(13)9-14-15(20)19(17(23)24-14)12-6-3-5-11(8-12)16(21)22/h1-9H,(H,21,22)/p-1/b14-9-. The molecule has 24 heavy (non-hydrogen) atoms. The first-order chi connectivity index (χ1) is 11.5. The van der Waals surface area contributed by atoms with Crippen molar-refractivity contribution < 1.29 is 14.7 Å². The van der Waals surface area contributed by atoms with Crippen molar-refractivity contribution in [2.75, 3.05) is 4.90 Å². The van der Waals surface area contributed by atoms with Gasteiger partial charge in [0.1, 0.15) is 0 Å². The first kappa shape index (κ1) is 16.7. The summed E-state index contributed by atoms with van der Waals surface area (Å²) in [6.45, 7) is 0. The number of carboxylic acids is 1. The van der Waals surface area contributed by atoms with Gasteiger partial charge in [0.15, 0.2) is 4.32 Å². The number of aromatic carboxylic acids is 1. The maximum absolute atomic E-state index is 12.7. The second-order valence-electron chi connectivity index (χ2n) is 4.88. The summed E-state index contributed by atoms with van der Waals surface area (Å²) in [4.78, 5) is 25.4. The topological polar surface area (TPSA) is 60.4 Å². The Bertz CT molecular complexity index is 895. The van der Waals surface area contributed by atoms with Gasteiger partial charge in [0.25, 0.3) is 5.91 Å². The minimum atomic E-state index is -1.31. The summed E-state index contributed by atoms with van der Waals surface area (Å²) in [6, 6.07) is 13.1. The summed E-state index contributed by atoms with van der Waals surface area (Å²) >= 11 is 12.5. The summed E-state index contributed by atoms with van der Waals surface area (Å²) in [7, 11) is 0. The highest BCUT2D eigenvalue weighted by Crippen LogP contribution is 2.36. The van der Waals surface area contributed by atoms with E-state index in [2.05, 4.69) is 0 Å². The van der Waals surface area contributed by atoms with E-state index < -0.39 is 5.97 Å². The van der Waals surface area contributed by atoms with E-state index in [1.807, 2.05) is 6.07 Å². The Morgan fingerprint density at radius 3 is 2.67 bits per heavy atom. The van der Waals surface area contributed by atoms with Crippen LogP contribution in [0.3, 0.4) is 0 Å². The van der Waals surface area contributed by atoms with Crippen LogP contribution in [0.2, 0.25) is 5.02 Å². The van der Waals surface area contributed by atoms with Crippen molar-refractivity contribution in [3.63, 3.8) is 0 Å². The first-order valence-electron chi connectivity index (χ1n) is 6.81. The molecule has 0 spiro atoms. The molecule has 1 fully saturated rings. The molecule has 2 aromatic rings. The van der Waals surface area contributed by atoms with Gasteiger partial charge in [-0.15, -0.1) is 0 Å². The fourth-order valence-electron chi connectivity index (χ4n) is 2.20. The SMILES string of the molecule is O=C([O-])c1cccc(N2C(=O)/C(=C/c3ccccc3Cl)SC2=S)c1. The number of thioether (sulfide) groups is 1. The van der Waals surface area contributed by atoms with Gasteiger partial charge in [-0.2, -0.15) is 0 Å². The molecule has 0 aliphatic carbocycles. The highest BCUT2D eigenvalue weighted by molar-refractivity contribution is 8.27. The van der Waals surface area contributed by atoms with E-state index >= 15 is 0 Å². The second kappa shape index (κ2) is 6.76. The van der Waals surface area contributed by atoms with Crippen molar-refractivity contribution in [2.45, 2.75) is 0 Å². The highest BCUT2D eigenvalue weighted by atomic mass is 35.5. The number of carbonyl (C=O) groups is 2. The summed E-state index contributed by atoms with van der Waals surface area (Å²) in [5, 5.41) is 11.5. The molecule has 1 amide bonds. The van der Waals surface area contributed by atoms with Gasteiger partial charge in [-0.1, -0.05) is 65.9 Å². The number of amides is 1. The number of halogens is 1. The number of benzene rings is 2. The molecule has 0 atom stereocenters. The van der Waals surface area contributed by atoms with Crippen LogP contribution in [0, 0.1) is 0 Å². The van der Waals surface area contributed by atoms with Crippen molar-refractivity contribution in [1.29, 1.82) is 0 Å². The number of hydrogen-bond acceptors (Lipinski definition) is 5. The Hall–Kier alpha value is -2.15. The average Bonchev–Trinajstić information content (AvgIpc) is 2.83. The van der Waals surface area contributed by atoms with E-state index in [1.54, 1.807) is 30.3 Å². The van der Waals surface area contributed by atoms with E-state index in [-0.39, 0.29) is 11.5 Å². The molecule has 7 heteroatoms. The summed E-state index contributed by atoms with van der Waals surface area (Å²) < 4.78 is 0.328. The Balaban J connectivity index is 1.97. The lowest BCUT2D eigenvalue weighted by molar-refractivity contribution is -0.255. The normalized spacial score (nSPS) is 16.0. The van der Waals surface area contributed by atoms with Crippen LogP contribution in [-0.4, -0.2) is 16.2 Å². The van der Waals surface area contributed by atoms with Crippen LogP contribution in [0.4, 0.5) is 5.69 Å². The molecule has 0 bridgehead atoms. The van der Waals surface area contributed by atoms with Gasteiger partial charge in [0.2, 0.25) is 0 Å². The minimum absolute atomic E-state index is 0.0170. The predicted molar refractivity (Wildman–Crippen MR) is 97.9 cm³/mol. The van der Waals surface area contributed by atoms with Gasteiger partial charge < -0.3 is 9.90 Å². The molecule has 4 nitrogen and oxygen atoms in total. The minimum Gasteiger partial charge on any atom is -0.545 e. The number of thiocarbonyl (C=S) groups is 1. The second-order valence-corrected chi connectivity index (χ2v) is 6.96. The maximum Gasteiger partial charge on any atom is 0.270 e. The van der Waals surface area contributed by atoms with E-state index in [4.69, 9.17) is 23.8 Å². The molecule has 0 aromatic heterocycles. The van der Waals surface area contributed by atoms with Crippen molar-refractivity contribution >= 4 is 63.5 Å². The van der Waals surface area contributed by atoms with Crippen LogP contribution in [0.5, 0.6) is 0 Å². The van der Waals surface area contributed by atoms with E-state index in [0.29, 0.717) is 25.5 Å². The van der Waals surface area contributed by atoms with Gasteiger partial charge in [-0.05, 0) is 35.4 Å². The summed E-state index contributed by atoms with van der Waals surface area (Å²) in [5.41, 5.74) is 1.08. The van der Waals surface area contributed by atoms with E-state index in [9.17, 15) is 14.7 Å². The lowest BCUT2D eigenvalue weighted by Gasteiger charge is -2.15. The van der Waals surface area contributed by atoms with Gasteiger partial charge >= 0.3 is 0 Å². The van der Waals surface area contributed by atoms with Crippen LogP contribution in [0.1, 0.15) is 15.9 Å². The smallest absolute Gasteiger partial charge is 0.270 e. The first-order valence-corrected chi connectivity index (χ1v) is 8.41. The lowest BCUT2D eigenvalue weighted by Crippen LogP contribution is -2.28. The van der Waals surface area contributed by atoms with Crippen LogP contribution < -0.4 is 10.0 Å². The third kappa shape index (κ3) is 3.21. The molecule has 1 heterocycles. The van der Waals surface area contributed by atoms with Crippen molar-refractivity contribution in [3.05, 3.63) is 69.6 Å². The number of carboxylic acid groups (broad SMARTS) is 1. The molecule has 3 rings (SSSR count). The van der Waals surface area contributed by atoms with Crippen molar-refractivity contribution in [1.82, 2.24) is 0 Å². The molecule has 0 unspecified atom stereocenters. The van der Waals surface area contributed by atoms with Gasteiger partial charge in [0, 0.05) is 5.02 Å². The molecule has 1 aliphatic rings. The zero-order chi connectivity index (χ0) is 17.3. The summed E-state index contributed by atoms with van der Waals surface area (Å²) in [5.74, 6) is -1.63. The molecule has 1 saturated heterocycles. The van der Waals surface area contributed by atoms with Crippen LogP contribution in [0.25, 0.3) is 6.08 Å². The molecular formula is C17H9ClNO3S2-. The third-order valence-electron chi connectivity index (χ3n) is 3.33. The number of nitrogens with zero attached hydrogens (tertiary/aromatic N) is 1. The monoisotopic (exact) mass is 374 g/mol. The number of anilines is 1. The molecular weight excluding hydrogens is 366 g/mol. The van der Waals surface area contributed by atoms with Crippen LogP contribution >= 0.6 is 35.6 Å². The molecule has 0 N–H and O–H groups in total. The van der Waals surface area contributed by atoms with E-state index in [0.717, 1.165) is 11.8 Å². The van der Waals surface area contributed by atoms with Crippen molar-refractivity contribution in [2.24, 2.45) is 0 Å². The molecule has 120 valence electrons. The lowest BCUT2D eigenvalue weighted by atomic mass is 10.2. The predicted octanol–water partition coefficient (Wildman–Crippen LogP) is 3.11. The fraction of sp³-hybridized carbons (Fsp3) is 0. The zero-order valence-corrected chi connectivity index (χ0v) is 14.5. The number of hydrogen-bond donors (Lipinski definition) is 0. The fourth-order valence-corrected chi connectivity index (χ4v) is 3.68. The summed E-state index contributed by atoms with van der Waals surface area (Å²) in [6.07, 6.45) is 1.67. The Morgan fingerprint density at radius 1 is 1.21 bits per heavy atom. The molecule has 2 aromatic carbocycles. The van der Waals surface area contributed by atoms with Crippen LogP contribution in [0.15, 0.2) is 53.4 Å². The third-order valence-corrected chi connectivity index (χ3v) is 4.97. The van der Waals surface area contributed by atoms with Gasteiger partial charge in [0.05, 0.1) is 16.6 Å². The van der Waals surface area contributed by atoms with Gasteiger partial charge in [-0.25, -0.2) is 0 Å². The number of carbonyl (C=O) groups excluding carboxylic acids is 2. The van der Waals surface area contributed by atoms with Crippen molar-refractivity contribution in [3.8, 4) is 0 Å². The van der Waals surface area contributed by atoms with E-state index in [1.165, 1.54) is 23.1 Å².